The van der Waals surface area contributed by atoms with Crippen LogP contribution in [0, 0.1) is 70.0 Å². The van der Waals surface area contributed by atoms with E-state index in [-0.39, 0.29) is 39.3 Å². The molecule has 3 aliphatic carbocycles. The Morgan fingerprint density at radius 3 is 0.830 bits per heavy atom. The van der Waals surface area contributed by atoms with E-state index in [1.165, 1.54) is 40.7 Å². The second kappa shape index (κ2) is 44.0. The van der Waals surface area contributed by atoms with Crippen LogP contribution >= 0.6 is 0 Å². The fourth-order valence-electron chi connectivity index (χ4n) is 19.1. The number of hydrogen-bond acceptors (Lipinski definition) is 25. The fraction of sp³-hybridized carbons (Fsp3) is 0.475. The van der Waals surface area contributed by atoms with E-state index in [2.05, 4.69) is 174 Å². The molecule has 8 fully saturated rings. The summed E-state index contributed by atoms with van der Waals surface area (Å²) in [6.07, 6.45) is 26.1. The van der Waals surface area contributed by atoms with Crippen molar-refractivity contribution in [1.82, 2.24) is 73.5 Å². The summed E-state index contributed by atoms with van der Waals surface area (Å²) in [7, 11) is -16.4. The summed E-state index contributed by atoms with van der Waals surface area (Å²) < 4.78 is 151. The molecule has 135 heavy (non-hydrogen) atoms. The number of aromatic nitrogens is 10. The van der Waals surface area contributed by atoms with E-state index >= 15 is 0 Å². The van der Waals surface area contributed by atoms with E-state index in [0.29, 0.717) is 71.8 Å². The van der Waals surface area contributed by atoms with Gasteiger partial charge in [-0.3, -0.25) is 0 Å². The third-order valence-corrected chi connectivity index (χ3v) is 35.5. The molecule has 8 aliphatic rings. The van der Waals surface area contributed by atoms with Gasteiger partial charge in [-0.05, 0) is 258 Å². The molecule has 20 rings (SSSR count). The minimum absolute atomic E-state index is 0.152. The first kappa shape index (κ1) is 97.8. The van der Waals surface area contributed by atoms with Crippen molar-refractivity contribution < 1.29 is 46.5 Å². The molecule has 10 heterocycles. The van der Waals surface area contributed by atoms with Gasteiger partial charge in [0.2, 0.25) is 50.1 Å². The third kappa shape index (κ3) is 25.8. The number of nitrogens with one attached hydrogen (secondary N) is 5. The Labute approximate surface area is 793 Å². The molecule has 5 unspecified atom stereocenters. The fourth-order valence-corrected chi connectivity index (χ4v) is 26.0. The zero-order valence-electron chi connectivity index (χ0n) is 77.6. The Hall–Kier alpha value is -10.3. The predicted molar refractivity (Wildman–Crippen MR) is 533 cm³/mol. The lowest BCUT2D eigenvalue weighted by Crippen LogP contribution is -2.43. The van der Waals surface area contributed by atoms with E-state index in [4.69, 9.17) is 0 Å². The van der Waals surface area contributed by atoms with E-state index < -0.39 is 50.1 Å². The quantitative estimate of drug-likeness (QED) is 0.0355. The number of hydrogen-bond donors (Lipinski definition) is 5. The molecule has 3 saturated carbocycles. The van der Waals surface area contributed by atoms with Gasteiger partial charge in [0, 0.05) is 125 Å². The lowest BCUT2D eigenvalue weighted by Gasteiger charge is -2.34. The molecule has 0 amide bonds. The summed E-state index contributed by atoms with van der Waals surface area (Å²) in [6.45, 7) is 21.0. The van der Waals surface area contributed by atoms with Gasteiger partial charge in [0.1, 0.15) is 66.5 Å². The number of rotatable bonds is 25. The van der Waals surface area contributed by atoms with Gasteiger partial charge in [-0.25, -0.2) is 120 Å². The van der Waals surface area contributed by atoms with Gasteiger partial charge in [0.05, 0.1) is 53.1 Å². The Kier molecular flexibility index (Phi) is 31.9. The Morgan fingerprint density at radius 2 is 0.533 bits per heavy atom. The van der Waals surface area contributed by atoms with Crippen molar-refractivity contribution in [2.75, 3.05) is 123 Å². The zero-order chi connectivity index (χ0) is 94.4. The Balaban J connectivity index is 0.000000123. The highest BCUT2D eigenvalue weighted by Gasteiger charge is 2.39. The van der Waals surface area contributed by atoms with Gasteiger partial charge in [-0.15, -0.1) is 0 Å². The maximum atomic E-state index is 13.6. The lowest BCUT2D eigenvalue weighted by molar-refractivity contribution is 0.406. The predicted octanol–water partition coefficient (Wildman–Crippen LogP) is 14.3. The minimum Gasteiger partial charge on any atom is -0.356 e. The molecule has 7 aromatic carbocycles. The number of fused-ring (bicyclic) bond motifs is 5. The zero-order valence-corrected chi connectivity index (χ0v) is 81.7. The molecule has 5 aromatic heterocycles. The highest BCUT2D eigenvalue weighted by atomic mass is 32.2. The second-order valence-electron chi connectivity index (χ2n) is 37.7. The van der Waals surface area contributed by atoms with Crippen molar-refractivity contribution >= 4 is 134 Å². The molecule has 0 bridgehead atoms. The number of piperidine rings is 5. The van der Waals surface area contributed by atoms with Crippen molar-refractivity contribution in [2.45, 2.75) is 182 Å². The Morgan fingerprint density at radius 1 is 0.274 bits per heavy atom. The van der Waals surface area contributed by atoms with Gasteiger partial charge >= 0.3 is 0 Å². The molecule has 36 heteroatoms. The van der Waals surface area contributed by atoms with Gasteiger partial charge in [0.25, 0.3) is 0 Å². The molecule has 5 saturated heterocycles. The van der Waals surface area contributed by atoms with E-state index in [1.807, 2.05) is 49.4 Å². The van der Waals surface area contributed by atoms with Crippen LogP contribution in [0.1, 0.15) is 150 Å². The van der Waals surface area contributed by atoms with E-state index in [9.17, 15) is 46.5 Å². The van der Waals surface area contributed by atoms with Crippen LogP contribution in [0.2, 0.25) is 0 Å². The number of aryl methyl sites for hydroxylation is 5. The highest BCUT2D eigenvalue weighted by molar-refractivity contribution is 7.91. The molecule has 5 aliphatic heterocycles. The first-order valence-corrected chi connectivity index (χ1v) is 55.2. The monoisotopic (exact) mass is 1930 g/mol. The number of halogens is 1. The highest BCUT2D eigenvalue weighted by Crippen LogP contribution is 2.37. The second-order valence-corrected chi connectivity index (χ2v) is 47.3. The smallest absolute Gasteiger partial charge is 0.240 e. The largest absolute Gasteiger partial charge is 0.356 e. The summed E-state index contributed by atoms with van der Waals surface area (Å²) in [5, 5.41) is 4.40. The number of sulfonamides is 5. The number of anilines is 5. The maximum absolute atomic E-state index is 13.6. The average Bonchev–Trinajstić information content (AvgIpc) is 1.58. The van der Waals surface area contributed by atoms with Crippen LogP contribution in [-0.4, -0.2) is 206 Å². The molecule has 0 radical (unpaired) electrons. The molecule has 30 nitrogen and oxygen atoms in total. The van der Waals surface area contributed by atoms with Crippen molar-refractivity contribution in [3.8, 4) is 0 Å². The molecule has 0 spiro atoms. The SMILES string of the molecule is Cc1ccc(S(=O)(=O)NCC2CCCN(c3ncnc4ccc(C)cc34)C2)cc1.Cc1ccc2ncnc(N3CCCC(CNS(=O)(=O)C4CC4)C3)c2c1.Cc1ccc2ncnc(N3CCCC(CNS(=O)(=O)C4CCCCC4)C3)c2c1.Cc1ccc2ncnc(N3CCCC(CNS(=O)(=O)c4ccccc4)C3)c2c1.O=S(=O)(NCC1CCCN(c2ncnc3ccc(F)cc23)C1)C1CC1. The van der Waals surface area contributed by atoms with Crippen molar-refractivity contribution in [3.63, 3.8) is 0 Å². The summed E-state index contributed by atoms with van der Waals surface area (Å²) in [6, 6.07) is 44.8. The van der Waals surface area contributed by atoms with E-state index in [1.54, 1.807) is 67.8 Å². The van der Waals surface area contributed by atoms with Crippen LogP contribution < -0.4 is 48.1 Å². The summed E-state index contributed by atoms with van der Waals surface area (Å²) in [5.41, 5.74) is 10.3. The van der Waals surface area contributed by atoms with Crippen LogP contribution in [-0.2, 0) is 50.1 Å². The summed E-state index contributed by atoms with van der Waals surface area (Å²) in [5.74, 6) is 5.53. The normalized spacial score (nSPS) is 20.0. The lowest BCUT2D eigenvalue weighted by atomic mass is 9.98. The summed E-state index contributed by atoms with van der Waals surface area (Å²) >= 11 is 0. The van der Waals surface area contributed by atoms with Gasteiger partial charge in [-0.2, -0.15) is 0 Å². The molecular weight excluding hydrogens is 1810 g/mol. The van der Waals surface area contributed by atoms with Gasteiger partial charge in [-0.1, -0.05) is 102 Å². The van der Waals surface area contributed by atoms with Crippen LogP contribution in [0.4, 0.5) is 33.5 Å². The molecule has 718 valence electrons. The standard InChI is InChI=1S/C22H26N4O2S.C21H30N4O2S.C21H24N4O2S.C18H24N4O2S.C17H21FN4O2S/c1-16-5-8-19(9-6-16)29(27,28)25-13-18-4-3-11-26(14-18)22-20-12-17(2)7-10-21(20)23-15-24-22;2*1-16-9-10-20-19(12-16)21(23-15-22-20)25-11-5-6-17(14-25)13-24-28(26,27)18-7-3-2-4-8-18;1-13-4-7-17-16(9-13)18(20-12-19-17)22-8-2-3-14(11-22)10-21-25(23,24)15-5-6-15;18-13-3-6-16-15(8-13)17(20-11-19-16)22-7-1-2-12(10-22)9-21-25(23,24)14-4-5-14/h5-10,12,15,18,25H,3-4,11,13-14H2,1-2H3;9-10,12,15,17-18,24H,2-8,11,13-14H2,1H3;2-4,7-10,12,15,17,24H,5-6,11,13-14H2,1H3;4,7,9,12,14-15,21H,2-3,5-6,8,10-11H2,1H3;3,6,8,11-12,14,21H,1-2,4-5,7,9-10H2. The van der Waals surface area contributed by atoms with Crippen molar-refractivity contribution in [1.29, 1.82) is 0 Å². The first-order chi connectivity index (χ1) is 65.0. The number of benzene rings is 7. The Bertz CT molecular complexity index is 6590. The van der Waals surface area contributed by atoms with Crippen LogP contribution in [0.15, 0.2) is 187 Å². The summed E-state index contributed by atoms with van der Waals surface area (Å²) in [4.78, 5) is 56.1. The minimum atomic E-state index is -3.49. The molecule has 12 aromatic rings. The van der Waals surface area contributed by atoms with Gasteiger partial charge < -0.3 is 24.5 Å². The van der Waals surface area contributed by atoms with Crippen molar-refractivity contribution in [3.05, 3.63) is 211 Å². The first-order valence-electron chi connectivity index (χ1n) is 47.6. The average molecular weight is 1930 g/mol. The van der Waals surface area contributed by atoms with Crippen LogP contribution in [0.3, 0.4) is 0 Å². The van der Waals surface area contributed by atoms with Gasteiger partial charge in [0.15, 0.2) is 0 Å². The molecule has 5 atom stereocenters. The third-order valence-electron chi connectivity index (χ3n) is 26.9. The van der Waals surface area contributed by atoms with E-state index in [0.717, 1.165) is 259 Å². The molecular formula is C99H125FN20O10S5. The van der Waals surface area contributed by atoms with Crippen LogP contribution in [0.25, 0.3) is 54.5 Å². The molecule has 5 N–H and O–H groups in total. The van der Waals surface area contributed by atoms with Crippen molar-refractivity contribution in [2.24, 2.45) is 29.6 Å². The maximum Gasteiger partial charge on any atom is 0.240 e. The number of nitrogens with zero attached hydrogens (tertiary/aromatic N) is 15. The van der Waals surface area contributed by atoms with Crippen LogP contribution in [0.5, 0.6) is 0 Å². The topological polar surface area (TPSA) is 376 Å².